The summed E-state index contributed by atoms with van der Waals surface area (Å²) < 4.78 is 6.27. The van der Waals surface area contributed by atoms with Gasteiger partial charge in [-0.1, -0.05) is 13.8 Å². The van der Waals surface area contributed by atoms with E-state index in [1.54, 1.807) is 13.0 Å². The van der Waals surface area contributed by atoms with Crippen molar-refractivity contribution in [1.29, 1.82) is 0 Å². The highest BCUT2D eigenvalue weighted by molar-refractivity contribution is 9.10. The second-order valence-corrected chi connectivity index (χ2v) is 5.54. The number of nitro groups is 1. The minimum absolute atomic E-state index is 0.0734. The number of nitrogens with two attached hydrogens (primary N) is 1. The Morgan fingerprint density at radius 2 is 2.00 bits per heavy atom. The van der Waals surface area contributed by atoms with E-state index in [0.29, 0.717) is 22.4 Å². The van der Waals surface area contributed by atoms with Crippen LogP contribution in [0.1, 0.15) is 32.3 Å². The zero-order valence-corrected chi connectivity index (χ0v) is 13.0. The molecule has 0 heterocycles. The maximum Gasteiger partial charge on any atom is 0.273 e. The van der Waals surface area contributed by atoms with Gasteiger partial charge in [0.1, 0.15) is 12.4 Å². The van der Waals surface area contributed by atoms with Crippen molar-refractivity contribution >= 4 is 21.6 Å². The van der Waals surface area contributed by atoms with E-state index < -0.39 is 4.92 Å². The van der Waals surface area contributed by atoms with Crippen LogP contribution in [0.4, 0.5) is 5.69 Å². The number of halogens is 1. The van der Waals surface area contributed by atoms with Crippen LogP contribution < -0.4 is 10.5 Å². The fourth-order valence-electron chi connectivity index (χ4n) is 1.63. The maximum absolute atomic E-state index is 10.8. The van der Waals surface area contributed by atoms with Crippen molar-refractivity contribution < 1.29 is 9.66 Å². The third-order valence-corrected chi connectivity index (χ3v) is 3.99. The maximum atomic E-state index is 10.8. The fourth-order valence-corrected chi connectivity index (χ4v) is 2.07. The lowest BCUT2D eigenvalue weighted by molar-refractivity contribution is -0.385. The van der Waals surface area contributed by atoms with Crippen LogP contribution in [0.3, 0.4) is 0 Å². The van der Waals surface area contributed by atoms with E-state index >= 15 is 0 Å². The first-order valence-electron chi connectivity index (χ1n) is 6.19. The van der Waals surface area contributed by atoms with Crippen LogP contribution in [-0.2, 0) is 0 Å². The van der Waals surface area contributed by atoms with Gasteiger partial charge < -0.3 is 10.5 Å². The smallest absolute Gasteiger partial charge is 0.273 e. The molecule has 19 heavy (non-hydrogen) atoms. The Morgan fingerprint density at radius 3 is 2.47 bits per heavy atom. The summed E-state index contributed by atoms with van der Waals surface area (Å²) in [7, 11) is 0. The van der Waals surface area contributed by atoms with E-state index in [-0.39, 0.29) is 11.2 Å². The van der Waals surface area contributed by atoms with Gasteiger partial charge in [-0.05, 0) is 41.8 Å². The lowest BCUT2D eigenvalue weighted by Gasteiger charge is -2.26. The molecule has 0 bridgehead atoms. The molecule has 0 amide bonds. The number of ether oxygens (including phenoxy) is 1. The van der Waals surface area contributed by atoms with Crippen molar-refractivity contribution in [1.82, 2.24) is 0 Å². The molecular weight excluding hydrogens is 312 g/mol. The Kier molecular flexibility index (Phi) is 5.31. The minimum Gasteiger partial charge on any atom is -0.490 e. The van der Waals surface area contributed by atoms with E-state index in [1.165, 1.54) is 6.07 Å². The second-order valence-electron chi connectivity index (χ2n) is 4.68. The first-order chi connectivity index (χ1) is 8.83. The van der Waals surface area contributed by atoms with Gasteiger partial charge in [-0.15, -0.1) is 0 Å². The number of nitrogens with zero attached hydrogens (tertiary/aromatic N) is 1. The van der Waals surface area contributed by atoms with Crippen molar-refractivity contribution in [3.8, 4) is 5.75 Å². The fraction of sp³-hybridized carbons (Fsp3) is 0.538. The lowest BCUT2D eigenvalue weighted by Crippen LogP contribution is -2.44. The molecule has 2 N–H and O–H groups in total. The van der Waals surface area contributed by atoms with E-state index in [4.69, 9.17) is 10.5 Å². The molecule has 0 saturated carbocycles. The Hall–Kier alpha value is -1.14. The molecule has 0 saturated heterocycles. The van der Waals surface area contributed by atoms with Gasteiger partial charge in [-0.2, -0.15) is 0 Å². The van der Waals surface area contributed by atoms with Crippen molar-refractivity contribution in [3.05, 3.63) is 32.3 Å². The molecule has 0 unspecified atom stereocenters. The SMILES string of the molecule is CCC(N)(CC)COc1cc(C)c([N+](=O)[O-])cc1Br. The standard InChI is InChI=1S/C13H19BrN2O3/c1-4-13(15,5-2)8-19-12-6-9(3)11(16(17)18)7-10(12)14/h6-7H,4-5,8,15H2,1-3H3. The van der Waals surface area contributed by atoms with Gasteiger partial charge in [0.05, 0.1) is 9.40 Å². The van der Waals surface area contributed by atoms with E-state index in [2.05, 4.69) is 15.9 Å². The zero-order valence-electron chi connectivity index (χ0n) is 11.4. The van der Waals surface area contributed by atoms with E-state index in [0.717, 1.165) is 12.8 Å². The summed E-state index contributed by atoms with van der Waals surface area (Å²) in [6.07, 6.45) is 1.63. The summed E-state index contributed by atoms with van der Waals surface area (Å²) in [4.78, 5) is 10.4. The van der Waals surface area contributed by atoms with Crippen molar-refractivity contribution in [2.45, 2.75) is 39.2 Å². The number of benzene rings is 1. The molecule has 6 heteroatoms. The molecular formula is C13H19BrN2O3. The molecule has 0 fully saturated rings. The summed E-state index contributed by atoms with van der Waals surface area (Å²) in [6, 6.07) is 3.12. The zero-order chi connectivity index (χ0) is 14.6. The molecule has 0 radical (unpaired) electrons. The molecule has 0 aliphatic heterocycles. The highest BCUT2D eigenvalue weighted by Gasteiger charge is 2.22. The Morgan fingerprint density at radius 1 is 1.42 bits per heavy atom. The van der Waals surface area contributed by atoms with Gasteiger partial charge in [-0.3, -0.25) is 10.1 Å². The Balaban J connectivity index is 2.92. The summed E-state index contributed by atoms with van der Waals surface area (Å²) in [5, 5.41) is 10.8. The quantitative estimate of drug-likeness (QED) is 0.638. The minimum atomic E-state index is -0.408. The molecule has 0 spiro atoms. The van der Waals surface area contributed by atoms with Crippen LogP contribution in [-0.4, -0.2) is 17.1 Å². The van der Waals surface area contributed by atoms with Gasteiger partial charge in [-0.25, -0.2) is 0 Å². The first-order valence-corrected chi connectivity index (χ1v) is 6.98. The predicted molar refractivity (Wildman–Crippen MR) is 78.5 cm³/mol. The molecule has 1 aromatic carbocycles. The highest BCUT2D eigenvalue weighted by Crippen LogP contribution is 2.33. The van der Waals surface area contributed by atoms with Gasteiger partial charge in [0, 0.05) is 17.2 Å². The Bertz CT molecular complexity index is 473. The largest absolute Gasteiger partial charge is 0.490 e. The molecule has 106 valence electrons. The number of aryl methyl sites for hydroxylation is 1. The van der Waals surface area contributed by atoms with Crippen molar-refractivity contribution in [3.63, 3.8) is 0 Å². The van der Waals surface area contributed by atoms with E-state index in [9.17, 15) is 10.1 Å². The molecule has 1 aromatic rings. The molecule has 0 aliphatic rings. The van der Waals surface area contributed by atoms with Gasteiger partial charge >= 0.3 is 0 Å². The summed E-state index contributed by atoms with van der Waals surface area (Å²) in [5.74, 6) is 0.583. The highest BCUT2D eigenvalue weighted by atomic mass is 79.9. The number of rotatable bonds is 6. The topological polar surface area (TPSA) is 78.4 Å². The molecule has 5 nitrogen and oxygen atoms in total. The monoisotopic (exact) mass is 330 g/mol. The Labute approximate surface area is 121 Å². The lowest BCUT2D eigenvalue weighted by atomic mass is 9.96. The van der Waals surface area contributed by atoms with Crippen LogP contribution in [0.25, 0.3) is 0 Å². The second kappa shape index (κ2) is 6.34. The first kappa shape index (κ1) is 15.9. The molecule has 0 aromatic heterocycles. The van der Waals surface area contributed by atoms with Gasteiger partial charge in [0.25, 0.3) is 5.69 Å². The molecule has 0 aliphatic carbocycles. The van der Waals surface area contributed by atoms with Gasteiger partial charge in [0.2, 0.25) is 0 Å². The summed E-state index contributed by atoms with van der Waals surface area (Å²) in [6.45, 7) is 6.11. The number of hydrogen-bond acceptors (Lipinski definition) is 4. The van der Waals surface area contributed by atoms with Crippen molar-refractivity contribution in [2.75, 3.05) is 6.61 Å². The number of nitro benzene ring substituents is 1. The van der Waals surface area contributed by atoms with Crippen LogP contribution >= 0.6 is 15.9 Å². The molecule has 1 rings (SSSR count). The average Bonchev–Trinajstić information content (AvgIpc) is 2.38. The number of hydrogen-bond donors (Lipinski definition) is 1. The normalized spacial score (nSPS) is 11.4. The average molecular weight is 331 g/mol. The van der Waals surface area contributed by atoms with Crippen LogP contribution in [0.15, 0.2) is 16.6 Å². The summed E-state index contributed by atoms with van der Waals surface area (Å²) >= 11 is 3.29. The van der Waals surface area contributed by atoms with Crippen molar-refractivity contribution in [2.24, 2.45) is 5.73 Å². The van der Waals surface area contributed by atoms with E-state index in [1.807, 2.05) is 13.8 Å². The van der Waals surface area contributed by atoms with Crippen LogP contribution in [0.5, 0.6) is 5.75 Å². The van der Waals surface area contributed by atoms with Gasteiger partial charge in [0.15, 0.2) is 0 Å². The predicted octanol–water partition coefficient (Wildman–Crippen LogP) is 3.56. The van der Waals surface area contributed by atoms with Crippen LogP contribution in [0, 0.1) is 17.0 Å². The third-order valence-electron chi connectivity index (χ3n) is 3.37. The summed E-state index contributed by atoms with van der Waals surface area (Å²) in [5.41, 5.74) is 6.44. The van der Waals surface area contributed by atoms with Crippen LogP contribution in [0.2, 0.25) is 0 Å². The molecule has 0 atom stereocenters. The third kappa shape index (κ3) is 3.91.